The highest BCUT2D eigenvalue weighted by Gasteiger charge is 2.33. The van der Waals surface area contributed by atoms with Gasteiger partial charge in [-0.05, 0) is 73.8 Å². The van der Waals surface area contributed by atoms with Crippen LogP contribution < -0.4 is 16.1 Å². The van der Waals surface area contributed by atoms with Gasteiger partial charge in [-0.3, -0.25) is 4.79 Å². The van der Waals surface area contributed by atoms with Gasteiger partial charge < -0.3 is 14.6 Å². The molecule has 13 heteroatoms. The molecule has 172 valence electrons. The maximum absolute atomic E-state index is 12.7. The lowest BCUT2D eigenvalue weighted by Crippen LogP contribution is -2.40. The topological polar surface area (TPSA) is 87.7 Å². The number of benzene rings is 2. The van der Waals surface area contributed by atoms with Crippen molar-refractivity contribution in [3.05, 3.63) is 59.7 Å². The Morgan fingerprint density at radius 2 is 1.61 bits per heavy atom. The Kier molecular flexibility index (Phi) is 8.16. The molecule has 2 N–H and O–H groups in total. The standard InChI is InChI=1S/C20H6Cl4I4O5/c21-10-8(9(20(31)32)11(22)13(24)12(10)23)7-3-1-5(25)16(29)14(27)18(3)33-19-4(7)2-6(26)17(30)15(19)28/h1-2,5,16,29H,(H,31,32). The van der Waals surface area contributed by atoms with Gasteiger partial charge in [-0.2, -0.15) is 0 Å². The minimum absolute atomic E-state index is 0.0475. The molecule has 5 nitrogen and oxygen atoms in total. The summed E-state index contributed by atoms with van der Waals surface area (Å²) >= 11 is 33.3. The van der Waals surface area contributed by atoms with Gasteiger partial charge in [-0.1, -0.05) is 75.1 Å². The molecule has 4 rings (SSSR count). The molecule has 0 saturated carbocycles. The largest absolute Gasteiger partial charge is 0.478 e. The normalized spacial score (nSPS) is 17.8. The van der Waals surface area contributed by atoms with Crippen molar-refractivity contribution in [1.29, 1.82) is 0 Å². The van der Waals surface area contributed by atoms with Crippen molar-refractivity contribution in [2.24, 2.45) is 0 Å². The number of aliphatic hydroxyl groups excluding tert-OH is 1. The number of carbonyl (C=O) groups is 1. The Balaban J connectivity index is 2.42. The lowest BCUT2D eigenvalue weighted by molar-refractivity contribution is 0.0698. The molecule has 0 aromatic heterocycles. The van der Waals surface area contributed by atoms with Gasteiger partial charge in [0.05, 0.1) is 36.7 Å². The molecule has 1 aromatic carbocycles. The van der Waals surface area contributed by atoms with Gasteiger partial charge >= 0.3 is 5.97 Å². The number of hydrogen-bond donors (Lipinski definition) is 2. The number of halogens is 8. The second-order valence-corrected chi connectivity index (χ2v) is 13.2. The van der Waals surface area contributed by atoms with Gasteiger partial charge in [0.25, 0.3) is 0 Å². The van der Waals surface area contributed by atoms with Crippen molar-refractivity contribution < 1.29 is 19.4 Å². The fraction of sp³-hybridized carbons (Fsp3) is 0.100. The molecule has 1 heterocycles. The molecule has 0 amide bonds. The van der Waals surface area contributed by atoms with E-state index in [9.17, 15) is 19.8 Å². The average molecular weight is 976 g/mol. The Labute approximate surface area is 260 Å². The monoisotopic (exact) mass is 974 g/mol. The summed E-state index contributed by atoms with van der Waals surface area (Å²) in [5.41, 5.74) is 0.589. The van der Waals surface area contributed by atoms with E-state index in [2.05, 4.69) is 22.6 Å². The van der Waals surface area contributed by atoms with Crippen LogP contribution in [-0.2, 0) is 0 Å². The van der Waals surface area contributed by atoms with Crippen LogP contribution in [0.5, 0.6) is 0 Å². The summed E-state index contributed by atoms with van der Waals surface area (Å²) in [6.45, 7) is 0. The fourth-order valence-electron chi connectivity index (χ4n) is 3.48. The first-order chi connectivity index (χ1) is 15.4. The summed E-state index contributed by atoms with van der Waals surface area (Å²) in [5.74, 6) is -1.13. The Bertz CT molecular complexity index is 1540. The molecule has 1 aromatic rings. The van der Waals surface area contributed by atoms with Crippen LogP contribution >= 0.6 is 137 Å². The first-order valence-corrected chi connectivity index (χ1v) is 14.7. The van der Waals surface area contributed by atoms with Crippen molar-refractivity contribution in [1.82, 2.24) is 0 Å². The van der Waals surface area contributed by atoms with Crippen molar-refractivity contribution >= 4 is 152 Å². The molecule has 0 fully saturated rings. The van der Waals surface area contributed by atoms with Crippen LogP contribution in [0.3, 0.4) is 0 Å². The molecule has 33 heavy (non-hydrogen) atoms. The van der Waals surface area contributed by atoms with Gasteiger partial charge in [0, 0.05) is 21.9 Å². The molecule has 0 saturated heterocycles. The van der Waals surface area contributed by atoms with E-state index < -0.39 is 12.1 Å². The maximum atomic E-state index is 12.7. The number of hydrogen-bond acceptors (Lipinski definition) is 4. The SMILES string of the molecule is O=C(O)c1c(Cl)c(Cl)c(Cl)c(Cl)c1-c1c2cc(I)c(=O)c(I)c-2oc2c1=CC(I)C(O)C=2I. The van der Waals surface area contributed by atoms with E-state index in [0.29, 0.717) is 32.5 Å². The molecular formula is C20H6Cl4I4O5. The zero-order valence-corrected chi connectivity index (χ0v) is 27.1. The van der Waals surface area contributed by atoms with Crippen molar-refractivity contribution in [2.45, 2.75) is 10.0 Å². The second-order valence-electron chi connectivity index (χ2n) is 6.81. The molecule has 0 bridgehead atoms. The maximum Gasteiger partial charge on any atom is 0.337 e. The molecule has 0 spiro atoms. The lowest BCUT2D eigenvalue weighted by Gasteiger charge is -2.24. The molecule has 1 aliphatic heterocycles. The highest BCUT2D eigenvalue weighted by atomic mass is 127. The molecule has 2 aliphatic carbocycles. The quantitative estimate of drug-likeness (QED) is 0.134. The number of alkyl halides is 1. The van der Waals surface area contributed by atoms with Gasteiger partial charge in [0.15, 0.2) is 5.76 Å². The van der Waals surface area contributed by atoms with Gasteiger partial charge in [0.2, 0.25) is 5.43 Å². The molecular weight excluding hydrogens is 970 g/mol. The van der Waals surface area contributed by atoms with E-state index in [-0.39, 0.29) is 46.3 Å². The Hall–Kier alpha value is 0.900. The summed E-state index contributed by atoms with van der Waals surface area (Å²) in [5, 5.41) is 20.5. The number of aromatic carboxylic acids is 1. The number of carboxylic acid groups (broad SMARTS) is 1. The third-order valence-electron chi connectivity index (χ3n) is 4.95. The molecule has 2 unspecified atom stereocenters. The zero-order valence-electron chi connectivity index (χ0n) is 15.5. The van der Waals surface area contributed by atoms with E-state index >= 15 is 0 Å². The second kappa shape index (κ2) is 9.99. The zero-order chi connectivity index (χ0) is 24.5. The van der Waals surface area contributed by atoms with E-state index in [1.807, 2.05) is 67.8 Å². The van der Waals surface area contributed by atoms with Crippen molar-refractivity contribution in [3.8, 4) is 22.5 Å². The van der Waals surface area contributed by atoms with Crippen LogP contribution in [-0.4, -0.2) is 26.2 Å². The lowest BCUT2D eigenvalue weighted by atomic mass is 9.90. The third kappa shape index (κ3) is 4.36. The number of rotatable bonds is 2. The fourth-order valence-corrected chi connectivity index (χ4v) is 8.49. The summed E-state index contributed by atoms with van der Waals surface area (Å²) in [6.07, 6.45) is 0.900. The predicted molar refractivity (Wildman–Crippen MR) is 164 cm³/mol. The van der Waals surface area contributed by atoms with E-state index in [1.165, 1.54) is 0 Å². The van der Waals surface area contributed by atoms with Crippen LogP contribution in [0, 0.1) is 7.14 Å². The van der Waals surface area contributed by atoms with E-state index in [4.69, 9.17) is 50.8 Å². The highest BCUT2D eigenvalue weighted by molar-refractivity contribution is 14.1. The van der Waals surface area contributed by atoms with Crippen LogP contribution in [0.1, 0.15) is 10.4 Å². The summed E-state index contributed by atoms with van der Waals surface area (Å²) in [4.78, 5) is 25.0. The van der Waals surface area contributed by atoms with Gasteiger partial charge in [-0.25, -0.2) is 4.79 Å². The Morgan fingerprint density at radius 3 is 2.21 bits per heavy atom. The Morgan fingerprint density at radius 1 is 1.00 bits per heavy atom. The van der Waals surface area contributed by atoms with E-state index in [1.54, 1.807) is 12.1 Å². The summed E-state index contributed by atoms with van der Waals surface area (Å²) in [7, 11) is 0. The first kappa shape index (κ1) is 26.9. The minimum atomic E-state index is -1.36. The molecule has 2 atom stereocenters. The van der Waals surface area contributed by atoms with E-state index in [0.717, 1.165) is 0 Å². The number of fused-ring (bicyclic) bond motifs is 2. The van der Waals surface area contributed by atoms with Crippen LogP contribution in [0.25, 0.3) is 32.1 Å². The van der Waals surface area contributed by atoms with Crippen LogP contribution in [0.4, 0.5) is 0 Å². The smallest absolute Gasteiger partial charge is 0.337 e. The van der Waals surface area contributed by atoms with Crippen LogP contribution in [0.15, 0.2) is 15.3 Å². The van der Waals surface area contributed by atoms with Crippen molar-refractivity contribution in [3.63, 3.8) is 0 Å². The number of aliphatic hydroxyl groups is 1. The molecule has 0 radical (unpaired) electrons. The number of carboxylic acids is 1. The highest BCUT2D eigenvalue weighted by Crippen LogP contribution is 2.47. The predicted octanol–water partition coefficient (Wildman–Crippen LogP) is 6.43. The van der Waals surface area contributed by atoms with Crippen LogP contribution in [0.2, 0.25) is 20.1 Å². The van der Waals surface area contributed by atoms with Crippen molar-refractivity contribution in [2.75, 3.05) is 0 Å². The van der Waals surface area contributed by atoms with Gasteiger partial charge in [-0.15, -0.1) is 0 Å². The first-order valence-electron chi connectivity index (χ1n) is 8.66. The molecule has 3 aliphatic rings. The summed E-state index contributed by atoms with van der Waals surface area (Å²) < 4.78 is 6.98. The third-order valence-corrected chi connectivity index (χ3v) is 10.7. The van der Waals surface area contributed by atoms with Gasteiger partial charge in [0.1, 0.15) is 15.1 Å². The average Bonchev–Trinajstić information content (AvgIpc) is 2.76. The summed E-state index contributed by atoms with van der Waals surface area (Å²) in [6, 6.07) is 1.60. The minimum Gasteiger partial charge on any atom is -0.478 e.